The van der Waals surface area contributed by atoms with E-state index in [0.717, 1.165) is 5.69 Å². The normalized spacial score (nSPS) is 22.9. The van der Waals surface area contributed by atoms with E-state index >= 15 is 0 Å². The third-order valence-electron chi connectivity index (χ3n) is 3.21. The van der Waals surface area contributed by atoms with E-state index in [2.05, 4.69) is 5.16 Å². The Kier molecular flexibility index (Phi) is 5.91. The summed E-state index contributed by atoms with van der Waals surface area (Å²) in [7, 11) is 0. The number of ether oxygens (including phenoxy) is 4. The smallest absolute Gasteiger partial charge is 0.314 e. The van der Waals surface area contributed by atoms with Gasteiger partial charge in [0.2, 0.25) is 12.4 Å². The number of carbonyl (C=O) groups is 3. The zero-order valence-corrected chi connectivity index (χ0v) is 13.6. The molecule has 0 aliphatic carbocycles. The van der Waals surface area contributed by atoms with Crippen molar-refractivity contribution in [2.45, 2.75) is 52.1 Å². The molecule has 0 N–H and O–H groups in total. The molecule has 0 spiro atoms. The number of aryl methyl sites for hydroxylation is 1. The first kappa shape index (κ1) is 17.9. The minimum atomic E-state index is -1.11. The number of carbonyl (C=O) groups excluding carboxylic acids is 3. The highest BCUT2D eigenvalue weighted by atomic mass is 16.7. The zero-order chi connectivity index (χ0) is 17.7. The standard InChI is InChI=1S/C15H19NO8/c1-4-10-5-11(24-16-10)6-13(19)23-12-7-20-15(22-9(3)18)14(12)21-8(2)17/h5,12,14-15H,4,6-7H2,1-3H3/t12-,14-,15-/m1/s1. The molecule has 0 aromatic carbocycles. The second kappa shape index (κ2) is 7.91. The Morgan fingerprint density at radius 1 is 1.21 bits per heavy atom. The lowest BCUT2D eigenvalue weighted by Gasteiger charge is -2.21. The van der Waals surface area contributed by atoms with E-state index in [9.17, 15) is 14.4 Å². The zero-order valence-electron chi connectivity index (χ0n) is 13.6. The number of rotatable bonds is 6. The van der Waals surface area contributed by atoms with Gasteiger partial charge in [-0.05, 0) is 6.42 Å². The second-order valence-electron chi connectivity index (χ2n) is 5.23. The summed E-state index contributed by atoms with van der Waals surface area (Å²) >= 11 is 0. The first-order valence-electron chi connectivity index (χ1n) is 7.49. The predicted molar refractivity (Wildman–Crippen MR) is 76.5 cm³/mol. The monoisotopic (exact) mass is 341 g/mol. The van der Waals surface area contributed by atoms with Gasteiger partial charge in [0.1, 0.15) is 12.2 Å². The van der Waals surface area contributed by atoms with Crippen molar-refractivity contribution in [3.8, 4) is 0 Å². The maximum atomic E-state index is 12.0. The fraction of sp³-hybridized carbons (Fsp3) is 0.600. The van der Waals surface area contributed by atoms with Crippen LogP contribution in [0.2, 0.25) is 0 Å². The van der Waals surface area contributed by atoms with E-state index in [-0.39, 0.29) is 13.0 Å². The second-order valence-corrected chi connectivity index (χ2v) is 5.23. The number of nitrogens with zero attached hydrogens (tertiary/aromatic N) is 1. The summed E-state index contributed by atoms with van der Waals surface area (Å²) in [5.41, 5.74) is 0.731. The largest absolute Gasteiger partial charge is 0.455 e. The number of hydrogen-bond donors (Lipinski definition) is 0. The highest BCUT2D eigenvalue weighted by Crippen LogP contribution is 2.23. The van der Waals surface area contributed by atoms with Crippen LogP contribution < -0.4 is 0 Å². The molecule has 0 bridgehead atoms. The van der Waals surface area contributed by atoms with Crippen LogP contribution in [0.5, 0.6) is 0 Å². The van der Waals surface area contributed by atoms with Gasteiger partial charge in [0.05, 0.1) is 12.3 Å². The molecule has 3 atom stereocenters. The summed E-state index contributed by atoms with van der Waals surface area (Å²) in [6, 6.07) is 1.66. The Bertz CT molecular complexity index is 610. The Hall–Kier alpha value is -2.42. The van der Waals surface area contributed by atoms with Gasteiger partial charge in [0, 0.05) is 19.9 Å². The van der Waals surface area contributed by atoms with Crippen molar-refractivity contribution in [1.29, 1.82) is 0 Å². The highest BCUT2D eigenvalue weighted by Gasteiger charge is 2.44. The van der Waals surface area contributed by atoms with Crippen LogP contribution in [-0.4, -0.2) is 48.2 Å². The third-order valence-corrected chi connectivity index (χ3v) is 3.21. The molecule has 0 saturated carbocycles. The van der Waals surface area contributed by atoms with Crippen LogP contribution in [0.4, 0.5) is 0 Å². The molecule has 132 valence electrons. The van der Waals surface area contributed by atoms with Crippen LogP contribution in [0.3, 0.4) is 0 Å². The van der Waals surface area contributed by atoms with E-state index in [1.54, 1.807) is 6.07 Å². The van der Waals surface area contributed by atoms with Crippen LogP contribution in [0.1, 0.15) is 32.2 Å². The van der Waals surface area contributed by atoms with Gasteiger partial charge in [0.15, 0.2) is 6.10 Å². The molecule has 1 aromatic rings. The van der Waals surface area contributed by atoms with Gasteiger partial charge >= 0.3 is 17.9 Å². The van der Waals surface area contributed by atoms with E-state index in [1.807, 2.05) is 6.92 Å². The Balaban J connectivity index is 1.96. The molecule has 0 unspecified atom stereocenters. The highest BCUT2D eigenvalue weighted by molar-refractivity contribution is 5.72. The van der Waals surface area contributed by atoms with Gasteiger partial charge in [0.25, 0.3) is 0 Å². The Morgan fingerprint density at radius 2 is 1.92 bits per heavy atom. The quantitative estimate of drug-likeness (QED) is 0.540. The van der Waals surface area contributed by atoms with E-state index in [0.29, 0.717) is 12.2 Å². The van der Waals surface area contributed by atoms with E-state index in [4.69, 9.17) is 23.5 Å². The van der Waals surface area contributed by atoms with Gasteiger partial charge < -0.3 is 23.5 Å². The molecular weight excluding hydrogens is 322 g/mol. The van der Waals surface area contributed by atoms with Crippen molar-refractivity contribution < 1.29 is 37.9 Å². The average Bonchev–Trinajstić information content (AvgIpc) is 3.07. The third kappa shape index (κ3) is 4.79. The van der Waals surface area contributed by atoms with Crippen LogP contribution in [0.15, 0.2) is 10.6 Å². The molecule has 0 amide bonds. The average molecular weight is 341 g/mol. The molecule has 1 aliphatic rings. The fourth-order valence-electron chi connectivity index (χ4n) is 2.20. The van der Waals surface area contributed by atoms with Crippen molar-refractivity contribution in [2.24, 2.45) is 0 Å². The van der Waals surface area contributed by atoms with Crippen LogP contribution in [0, 0.1) is 0 Å². The Morgan fingerprint density at radius 3 is 2.50 bits per heavy atom. The van der Waals surface area contributed by atoms with Crippen molar-refractivity contribution in [2.75, 3.05) is 6.61 Å². The summed E-state index contributed by atoms with van der Waals surface area (Å²) in [4.78, 5) is 34.3. The molecule has 24 heavy (non-hydrogen) atoms. The minimum absolute atomic E-state index is 0.0573. The van der Waals surface area contributed by atoms with Crippen LogP contribution in [-0.2, 0) is 46.2 Å². The summed E-state index contributed by atoms with van der Waals surface area (Å²) in [5.74, 6) is -1.43. The molecule has 9 nitrogen and oxygen atoms in total. The first-order valence-corrected chi connectivity index (χ1v) is 7.49. The summed E-state index contributed by atoms with van der Waals surface area (Å²) in [6.07, 6.45) is -2.43. The molecule has 0 radical (unpaired) electrons. The fourth-order valence-corrected chi connectivity index (χ4v) is 2.20. The molecule has 2 rings (SSSR count). The number of esters is 3. The molecular formula is C15H19NO8. The maximum absolute atomic E-state index is 12.0. The molecule has 1 aromatic heterocycles. The van der Waals surface area contributed by atoms with E-state index in [1.165, 1.54) is 13.8 Å². The molecule has 9 heteroatoms. The van der Waals surface area contributed by atoms with Gasteiger partial charge in [-0.1, -0.05) is 12.1 Å². The summed E-state index contributed by atoms with van der Waals surface area (Å²) in [6.45, 7) is 4.25. The molecule has 1 aliphatic heterocycles. The van der Waals surface area contributed by atoms with Crippen LogP contribution >= 0.6 is 0 Å². The lowest BCUT2D eigenvalue weighted by atomic mass is 10.2. The van der Waals surface area contributed by atoms with Crippen LogP contribution in [0.25, 0.3) is 0 Å². The molecule has 1 fully saturated rings. The van der Waals surface area contributed by atoms with Gasteiger partial charge in [-0.3, -0.25) is 14.4 Å². The summed E-state index contributed by atoms with van der Waals surface area (Å²) in [5, 5.41) is 3.78. The van der Waals surface area contributed by atoms with Gasteiger partial charge in [-0.2, -0.15) is 0 Å². The van der Waals surface area contributed by atoms with Crippen molar-refractivity contribution >= 4 is 17.9 Å². The number of hydrogen-bond acceptors (Lipinski definition) is 9. The predicted octanol–water partition coefficient (Wildman–Crippen LogP) is 0.542. The summed E-state index contributed by atoms with van der Waals surface area (Å²) < 4.78 is 25.5. The maximum Gasteiger partial charge on any atom is 0.314 e. The van der Waals surface area contributed by atoms with Gasteiger partial charge in [-0.25, -0.2) is 0 Å². The SMILES string of the molecule is CCc1cc(CC(=O)O[C@@H]2CO[C@H](OC(C)=O)[C@@H]2OC(C)=O)on1. The minimum Gasteiger partial charge on any atom is -0.455 e. The molecule has 1 saturated heterocycles. The van der Waals surface area contributed by atoms with Crippen molar-refractivity contribution in [1.82, 2.24) is 5.16 Å². The van der Waals surface area contributed by atoms with Crippen molar-refractivity contribution in [3.63, 3.8) is 0 Å². The van der Waals surface area contributed by atoms with E-state index < -0.39 is 36.4 Å². The number of aromatic nitrogens is 1. The molecule has 2 heterocycles. The van der Waals surface area contributed by atoms with Crippen molar-refractivity contribution in [3.05, 3.63) is 17.5 Å². The first-order chi connectivity index (χ1) is 11.4. The Labute approximate surface area is 138 Å². The van der Waals surface area contributed by atoms with Gasteiger partial charge in [-0.15, -0.1) is 0 Å². The lowest BCUT2D eigenvalue weighted by molar-refractivity contribution is -0.192. The lowest BCUT2D eigenvalue weighted by Crippen LogP contribution is -2.39. The topological polar surface area (TPSA) is 114 Å².